The maximum atomic E-state index is 13.0. The highest BCUT2D eigenvalue weighted by Gasteiger charge is 2.69. The summed E-state index contributed by atoms with van der Waals surface area (Å²) in [5, 5.41) is 9.57. The van der Waals surface area contributed by atoms with E-state index in [1.165, 1.54) is 0 Å². The quantitative estimate of drug-likeness (QED) is 0.602. The second-order valence-electron chi connectivity index (χ2n) is 6.05. The number of carbonyl (C=O) groups is 4. The Balaban J connectivity index is 2.07. The number of urea groups is 2. The van der Waals surface area contributed by atoms with E-state index in [0.29, 0.717) is 11.1 Å². The van der Waals surface area contributed by atoms with Crippen LogP contribution in [0.3, 0.4) is 0 Å². The van der Waals surface area contributed by atoms with E-state index in [4.69, 9.17) is 0 Å². The lowest BCUT2D eigenvalue weighted by Gasteiger charge is -2.41. The fourth-order valence-electron chi connectivity index (χ4n) is 3.65. The molecule has 4 N–H and O–H groups in total. The summed E-state index contributed by atoms with van der Waals surface area (Å²) in [6, 6.07) is 15.2. The van der Waals surface area contributed by atoms with Gasteiger partial charge < -0.3 is 10.6 Å². The topological polar surface area (TPSA) is 116 Å². The van der Waals surface area contributed by atoms with Gasteiger partial charge in [0.15, 0.2) is 11.1 Å². The van der Waals surface area contributed by atoms with Gasteiger partial charge in [-0.15, -0.1) is 0 Å². The molecule has 2 aromatic carbocycles. The Hall–Kier alpha value is -3.68. The zero-order valence-electron chi connectivity index (χ0n) is 13.4. The third-order valence-electron chi connectivity index (χ3n) is 4.71. The highest BCUT2D eigenvalue weighted by molar-refractivity contribution is 6.17. The zero-order chi connectivity index (χ0) is 18.4. The van der Waals surface area contributed by atoms with E-state index in [0.717, 1.165) is 0 Å². The van der Waals surface area contributed by atoms with Crippen molar-refractivity contribution in [1.29, 1.82) is 0 Å². The van der Waals surface area contributed by atoms with E-state index in [-0.39, 0.29) is 0 Å². The lowest BCUT2D eigenvalue weighted by Crippen LogP contribution is -2.67. The molecule has 2 saturated heterocycles. The Morgan fingerprint density at radius 2 is 0.885 bits per heavy atom. The SMILES string of the molecule is O=C1NC(=O)C(c2ccccc2)(C2(c3ccccc3)NC(=O)NC2=O)N1. The summed E-state index contributed by atoms with van der Waals surface area (Å²) in [5.41, 5.74) is -2.96. The summed E-state index contributed by atoms with van der Waals surface area (Å²) in [6.45, 7) is 0. The monoisotopic (exact) mass is 350 g/mol. The molecule has 2 fully saturated rings. The molecule has 0 aromatic heterocycles. The van der Waals surface area contributed by atoms with Gasteiger partial charge in [-0.25, -0.2) is 9.59 Å². The fraction of sp³-hybridized carbons (Fsp3) is 0.111. The molecule has 2 aliphatic heterocycles. The number of nitrogens with one attached hydrogen (secondary N) is 4. The summed E-state index contributed by atoms with van der Waals surface area (Å²) in [6.07, 6.45) is 0. The maximum Gasteiger partial charge on any atom is 0.322 e. The normalized spacial score (nSPS) is 27.5. The van der Waals surface area contributed by atoms with Crippen molar-refractivity contribution in [3.8, 4) is 0 Å². The van der Waals surface area contributed by atoms with Gasteiger partial charge in [-0.1, -0.05) is 60.7 Å². The fourth-order valence-corrected chi connectivity index (χ4v) is 3.65. The standard InChI is InChI=1S/C18H14N4O4/c23-13-17(21-15(25)19-13,11-7-3-1-4-8-11)18(12-9-5-2-6-10-12)14(24)20-16(26)22-18/h1-10H,(H2,19,21,23,25)(H2,20,22,24,26). The number of amides is 6. The molecule has 2 heterocycles. The van der Waals surface area contributed by atoms with Gasteiger partial charge in [0, 0.05) is 0 Å². The first-order valence-corrected chi connectivity index (χ1v) is 7.89. The van der Waals surface area contributed by atoms with Crippen molar-refractivity contribution in [2.75, 3.05) is 0 Å². The molecule has 8 heteroatoms. The third-order valence-corrected chi connectivity index (χ3v) is 4.71. The molecule has 0 aliphatic carbocycles. The first-order chi connectivity index (χ1) is 12.5. The van der Waals surface area contributed by atoms with Gasteiger partial charge in [-0.05, 0) is 11.1 Å². The average molecular weight is 350 g/mol. The predicted molar refractivity (Wildman–Crippen MR) is 89.6 cm³/mol. The Kier molecular flexibility index (Phi) is 3.30. The highest BCUT2D eigenvalue weighted by Crippen LogP contribution is 2.44. The molecular formula is C18H14N4O4. The molecule has 0 radical (unpaired) electrons. The van der Waals surface area contributed by atoms with Crippen molar-refractivity contribution in [2.24, 2.45) is 0 Å². The molecule has 2 unspecified atom stereocenters. The van der Waals surface area contributed by atoms with E-state index in [1.807, 2.05) is 0 Å². The molecular weight excluding hydrogens is 336 g/mol. The number of rotatable bonds is 3. The Morgan fingerprint density at radius 3 is 1.15 bits per heavy atom. The molecule has 0 bridgehead atoms. The van der Waals surface area contributed by atoms with E-state index in [9.17, 15) is 19.2 Å². The van der Waals surface area contributed by atoms with Crippen LogP contribution in [0.1, 0.15) is 11.1 Å². The lowest BCUT2D eigenvalue weighted by molar-refractivity contribution is -0.136. The molecule has 0 saturated carbocycles. The van der Waals surface area contributed by atoms with Crippen LogP contribution in [0.15, 0.2) is 60.7 Å². The molecule has 2 atom stereocenters. The number of carbonyl (C=O) groups excluding carboxylic acids is 4. The predicted octanol–water partition coefficient (Wildman–Crippen LogP) is 0.456. The molecule has 8 nitrogen and oxygen atoms in total. The third kappa shape index (κ3) is 1.89. The van der Waals surface area contributed by atoms with Crippen molar-refractivity contribution in [3.05, 3.63) is 71.8 Å². The Labute approximate surface area is 148 Å². The lowest BCUT2D eigenvalue weighted by atomic mass is 9.68. The summed E-state index contributed by atoms with van der Waals surface area (Å²) in [7, 11) is 0. The number of hydrogen-bond donors (Lipinski definition) is 4. The van der Waals surface area contributed by atoms with Crippen LogP contribution in [0.25, 0.3) is 0 Å². The summed E-state index contributed by atoms with van der Waals surface area (Å²) in [4.78, 5) is 50.1. The molecule has 4 rings (SSSR count). The summed E-state index contributed by atoms with van der Waals surface area (Å²) >= 11 is 0. The van der Waals surface area contributed by atoms with Crippen molar-refractivity contribution >= 4 is 23.9 Å². The van der Waals surface area contributed by atoms with E-state index < -0.39 is 35.0 Å². The van der Waals surface area contributed by atoms with Crippen LogP contribution >= 0.6 is 0 Å². The van der Waals surface area contributed by atoms with E-state index in [2.05, 4.69) is 21.3 Å². The van der Waals surface area contributed by atoms with Crippen LogP contribution in [0, 0.1) is 0 Å². The van der Waals surface area contributed by atoms with E-state index in [1.54, 1.807) is 60.7 Å². The minimum absolute atomic E-state index is 0.365. The van der Waals surface area contributed by atoms with Crippen LogP contribution in [0.5, 0.6) is 0 Å². The van der Waals surface area contributed by atoms with Crippen LogP contribution in [-0.2, 0) is 20.7 Å². The van der Waals surface area contributed by atoms with Crippen molar-refractivity contribution in [1.82, 2.24) is 21.3 Å². The first kappa shape index (κ1) is 15.8. The number of imide groups is 2. The highest BCUT2D eigenvalue weighted by atomic mass is 16.2. The van der Waals surface area contributed by atoms with Crippen LogP contribution in [-0.4, -0.2) is 23.9 Å². The van der Waals surface area contributed by atoms with Crippen molar-refractivity contribution < 1.29 is 19.2 Å². The zero-order valence-corrected chi connectivity index (χ0v) is 13.4. The van der Waals surface area contributed by atoms with Gasteiger partial charge in [0.05, 0.1) is 0 Å². The molecule has 130 valence electrons. The minimum Gasteiger partial charge on any atom is -0.317 e. The van der Waals surface area contributed by atoms with Crippen LogP contribution < -0.4 is 21.3 Å². The van der Waals surface area contributed by atoms with E-state index >= 15 is 0 Å². The summed E-state index contributed by atoms with van der Waals surface area (Å²) < 4.78 is 0. The van der Waals surface area contributed by atoms with Gasteiger partial charge in [0.2, 0.25) is 0 Å². The number of benzene rings is 2. The van der Waals surface area contributed by atoms with Gasteiger partial charge in [-0.2, -0.15) is 0 Å². The molecule has 2 aromatic rings. The van der Waals surface area contributed by atoms with Crippen LogP contribution in [0.2, 0.25) is 0 Å². The minimum atomic E-state index is -1.84. The first-order valence-electron chi connectivity index (χ1n) is 7.89. The smallest absolute Gasteiger partial charge is 0.317 e. The average Bonchev–Trinajstić information content (AvgIpc) is 3.12. The second kappa shape index (κ2) is 5.41. The Morgan fingerprint density at radius 1 is 0.538 bits per heavy atom. The maximum absolute atomic E-state index is 13.0. The van der Waals surface area contributed by atoms with Crippen molar-refractivity contribution in [3.63, 3.8) is 0 Å². The number of hydrogen-bond acceptors (Lipinski definition) is 4. The molecule has 0 spiro atoms. The van der Waals surface area contributed by atoms with Crippen LogP contribution in [0.4, 0.5) is 9.59 Å². The van der Waals surface area contributed by atoms with Gasteiger partial charge in [0.1, 0.15) is 0 Å². The molecule has 2 aliphatic rings. The Bertz CT molecular complexity index is 853. The molecule has 6 amide bonds. The second-order valence-corrected chi connectivity index (χ2v) is 6.05. The van der Waals surface area contributed by atoms with Gasteiger partial charge >= 0.3 is 12.1 Å². The largest absolute Gasteiger partial charge is 0.322 e. The summed E-state index contributed by atoms with van der Waals surface area (Å²) in [5.74, 6) is -1.45. The van der Waals surface area contributed by atoms with Gasteiger partial charge in [-0.3, -0.25) is 20.2 Å². The molecule has 26 heavy (non-hydrogen) atoms. The van der Waals surface area contributed by atoms with Crippen molar-refractivity contribution in [2.45, 2.75) is 11.1 Å². The van der Waals surface area contributed by atoms with Gasteiger partial charge in [0.25, 0.3) is 11.8 Å².